The molecule has 2 N–H and O–H groups in total. The zero-order valence-corrected chi connectivity index (χ0v) is 8.50. The van der Waals surface area contributed by atoms with Crippen molar-refractivity contribution in [1.29, 1.82) is 0 Å². The Labute approximate surface area is 93.3 Å². The molecule has 0 aromatic heterocycles. The van der Waals surface area contributed by atoms with Crippen LogP contribution in [0.2, 0.25) is 0 Å². The third-order valence-corrected chi connectivity index (χ3v) is 1.43. The van der Waals surface area contributed by atoms with Gasteiger partial charge < -0.3 is 0 Å². The summed E-state index contributed by atoms with van der Waals surface area (Å²) in [6, 6.07) is 16.6. The first-order valence-corrected chi connectivity index (χ1v) is 3.87. The Morgan fingerprint density at radius 3 is 1.64 bits per heavy atom. The van der Waals surface area contributed by atoms with Crippen molar-refractivity contribution in [3.8, 4) is 0 Å². The molecule has 2 rings (SSSR count). The number of rotatable bonds is 1. The maximum Gasteiger partial charge on any atom is 2.00 e. The Morgan fingerprint density at radius 2 is 1.43 bits per heavy atom. The summed E-state index contributed by atoms with van der Waals surface area (Å²) in [7, 11) is 0. The second-order valence-electron chi connectivity index (χ2n) is 2.39. The van der Waals surface area contributed by atoms with Gasteiger partial charge in [0.05, 0.1) is 0 Å². The van der Waals surface area contributed by atoms with E-state index in [0.29, 0.717) is 5.69 Å². The third-order valence-electron chi connectivity index (χ3n) is 1.43. The summed E-state index contributed by atoms with van der Waals surface area (Å²) in [5.74, 6) is 0. The van der Waals surface area contributed by atoms with E-state index in [1.165, 1.54) is 0 Å². The molecule has 2 aromatic rings. The average Bonchev–Trinajstić information content (AvgIpc) is 2.82. The molecule has 0 bridgehead atoms. The number of anilines is 1. The quantitative estimate of drug-likeness (QED) is 0.451. The van der Waals surface area contributed by atoms with Crippen LogP contribution in [0.5, 0.6) is 0 Å². The van der Waals surface area contributed by atoms with Gasteiger partial charge in [-0.05, 0) is 5.69 Å². The van der Waals surface area contributed by atoms with Crippen molar-refractivity contribution in [3.63, 3.8) is 0 Å². The van der Waals surface area contributed by atoms with Gasteiger partial charge in [0, 0.05) is 0 Å². The van der Waals surface area contributed by atoms with E-state index in [-0.39, 0.29) is 22.3 Å². The van der Waals surface area contributed by atoms with Crippen LogP contribution >= 0.6 is 0 Å². The monoisotopic (exact) mass is 233 g/mol. The Balaban J connectivity index is 0.000000246. The van der Waals surface area contributed by atoms with Gasteiger partial charge in [-0.3, -0.25) is 10.4 Å². The second-order valence-corrected chi connectivity index (χ2v) is 2.39. The van der Waals surface area contributed by atoms with Crippen LogP contribution in [0.15, 0.2) is 54.6 Å². The van der Waals surface area contributed by atoms with Crippen molar-refractivity contribution in [2.45, 2.75) is 0 Å². The first kappa shape index (κ1) is 12.9. The zero-order valence-electron chi connectivity index (χ0n) is 7.39. The molecule has 0 spiro atoms. The minimum atomic E-state index is 0. The van der Waals surface area contributed by atoms with E-state index in [2.05, 4.69) is 0 Å². The molecule has 0 amide bonds. The van der Waals surface area contributed by atoms with Crippen LogP contribution < -0.4 is 5.23 Å². The molecule has 0 aliphatic carbocycles. The minimum absolute atomic E-state index is 0. The standard InChI is InChI=1S/C5H6NO2.C5H5.Fe/c7-6(8)5-3-1-2-4-5;1-2-4-5-3-1;/h1-4,7-8H;1-5H;/q2*-1;+2. The summed E-state index contributed by atoms with van der Waals surface area (Å²) in [4.78, 5) is 0. The van der Waals surface area contributed by atoms with E-state index in [0.717, 1.165) is 0 Å². The molecule has 0 atom stereocenters. The summed E-state index contributed by atoms with van der Waals surface area (Å²) in [6.45, 7) is 0. The van der Waals surface area contributed by atoms with E-state index in [1.807, 2.05) is 30.3 Å². The van der Waals surface area contributed by atoms with Gasteiger partial charge in [0.2, 0.25) is 0 Å². The van der Waals surface area contributed by atoms with Gasteiger partial charge in [-0.1, -0.05) is 0 Å². The van der Waals surface area contributed by atoms with Crippen molar-refractivity contribution in [1.82, 2.24) is 0 Å². The summed E-state index contributed by atoms with van der Waals surface area (Å²) < 4.78 is 0. The molecule has 0 heterocycles. The molecule has 0 unspecified atom stereocenters. The molecule has 76 valence electrons. The topological polar surface area (TPSA) is 43.7 Å². The fraction of sp³-hybridized carbons (Fsp3) is 0. The smallest absolute Gasteiger partial charge is 0.275 e. The Hall–Kier alpha value is -1.06. The summed E-state index contributed by atoms with van der Waals surface area (Å²) in [5.41, 5.74) is 0.380. The molecule has 0 saturated carbocycles. The van der Waals surface area contributed by atoms with E-state index in [4.69, 9.17) is 10.4 Å². The Morgan fingerprint density at radius 1 is 0.929 bits per heavy atom. The molecular formula is C10H11FeNO2. The van der Waals surface area contributed by atoms with Gasteiger partial charge in [-0.2, -0.15) is 35.6 Å². The van der Waals surface area contributed by atoms with E-state index >= 15 is 0 Å². The van der Waals surface area contributed by atoms with Gasteiger partial charge in [0.15, 0.2) is 0 Å². The van der Waals surface area contributed by atoms with Crippen molar-refractivity contribution >= 4 is 5.69 Å². The van der Waals surface area contributed by atoms with Crippen LogP contribution in [0.1, 0.15) is 0 Å². The summed E-state index contributed by atoms with van der Waals surface area (Å²) in [5, 5.41) is 16.7. The first-order chi connectivity index (χ1) is 6.30. The minimum Gasteiger partial charge on any atom is -0.275 e. The summed E-state index contributed by atoms with van der Waals surface area (Å²) >= 11 is 0. The van der Waals surface area contributed by atoms with E-state index in [1.54, 1.807) is 24.3 Å². The average molecular weight is 233 g/mol. The normalized spacial score (nSPS) is 8.14. The Kier molecular flexibility index (Phi) is 6.80. The van der Waals surface area contributed by atoms with Crippen molar-refractivity contribution < 1.29 is 27.5 Å². The molecular weight excluding hydrogens is 222 g/mol. The molecule has 0 aliphatic heterocycles. The maximum atomic E-state index is 8.30. The Bertz CT molecular complexity index is 273. The number of hydrogen-bond donors (Lipinski definition) is 2. The first-order valence-electron chi connectivity index (χ1n) is 3.87. The van der Waals surface area contributed by atoms with Gasteiger partial charge in [-0.25, -0.2) is 24.3 Å². The fourth-order valence-corrected chi connectivity index (χ4v) is 0.818. The second kappa shape index (κ2) is 7.35. The van der Waals surface area contributed by atoms with Gasteiger partial charge in [-0.15, -0.1) is 0 Å². The predicted molar refractivity (Wildman–Crippen MR) is 50.1 cm³/mol. The molecule has 0 saturated heterocycles. The van der Waals surface area contributed by atoms with E-state index in [9.17, 15) is 0 Å². The number of nitrogens with zero attached hydrogens (tertiary/aromatic N) is 1. The van der Waals surface area contributed by atoms with Crippen molar-refractivity contribution in [2.75, 3.05) is 5.23 Å². The summed E-state index contributed by atoms with van der Waals surface area (Å²) in [6.07, 6.45) is 0. The van der Waals surface area contributed by atoms with Crippen LogP contribution in [0.25, 0.3) is 0 Å². The third kappa shape index (κ3) is 4.84. The molecule has 0 aliphatic rings. The maximum absolute atomic E-state index is 8.30. The van der Waals surface area contributed by atoms with Gasteiger partial charge in [0.25, 0.3) is 0 Å². The molecule has 14 heavy (non-hydrogen) atoms. The molecule has 0 radical (unpaired) electrons. The predicted octanol–water partition coefficient (Wildman–Crippen LogP) is 2.39. The SMILES string of the molecule is ON(O)[c-]1cccc1.[Fe+2].c1cc[cH-]c1. The molecule has 4 heteroatoms. The molecule has 3 nitrogen and oxygen atoms in total. The molecule has 2 aromatic carbocycles. The molecule has 0 fully saturated rings. The van der Waals surface area contributed by atoms with Crippen molar-refractivity contribution in [2.24, 2.45) is 0 Å². The number of hydrogen-bond acceptors (Lipinski definition) is 3. The van der Waals surface area contributed by atoms with Crippen LogP contribution in [0, 0.1) is 0 Å². The van der Waals surface area contributed by atoms with Crippen LogP contribution in [-0.4, -0.2) is 10.4 Å². The van der Waals surface area contributed by atoms with Crippen LogP contribution in [0.3, 0.4) is 0 Å². The zero-order chi connectivity index (χ0) is 9.52. The van der Waals surface area contributed by atoms with Gasteiger partial charge >= 0.3 is 17.1 Å². The van der Waals surface area contributed by atoms with Crippen LogP contribution in [-0.2, 0) is 17.1 Å². The van der Waals surface area contributed by atoms with Crippen LogP contribution in [0.4, 0.5) is 5.69 Å². The van der Waals surface area contributed by atoms with Gasteiger partial charge in [0.1, 0.15) is 0 Å². The largest absolute Gasteiger partial charge is 2.00 e. The van der Waals surface area contributed by atoms with Crippen molar-refractivity contribution in [3.05, 3.63) is 54.6 Å². The fourth-order valence-electron chi connectivity index (χ4n) is 0.818. The van der Waals surface area contributed by atoms with E-state index < -0.39 is 0 Å².